The molecule has 0 radical (unpaired) electrons. The van der Waals surface area contributed by atoms with E-state index in [1.165, 1.54) is 0 Å². The molecular weight excluding hydrogens is 254 g/mol. The molecule has 0 aliphatic heterocycles. The first-order valence-corrected chi connectivity index (χ1v) is 7.29. The van der Waals surface area contributed by atoms with Crippen LogP contribution in [0.25, 0.3) is 0 Å². The molecule has 18 heavy (non-hydrogen) atoms. The number of sulfonamides is 1. The van der Waals surface area contributed by atoms with Crippen LogP contribution in [0.3, 0.4) is 0 Å². The van der Waals surface area contributed by atoms with Crippen LogP contribution >= 0.6 is 0 Å². The lowest BCUT2D eigenvalue weighted by molar-refractivity contribution is -0.136. The fraction of sp³-hybridized carbons (Fsp3) is 0.417. The Morgan fingerprint density at radius 3 is 2.61 bits per heavy atom. The third-order valence-electron chi connectivity index (χ3n) is 2.56. The topological polar surface area (TPSA) is 83.5 Å². The molecule has 0 unspecified atom stereocenters. The second-order valence-electron chi connectivity index (χ2n) is 4.03. The molecule has 0 aliphatic carbocycles. The lowest BCUT2D eigenvalue weighted by Crippen LogP contribution is -2.29. The van der Waals surface area contributed by atoms with Crippen molar-refractivity contribution in [1.82, 2.24) is 4.72 Å². The van der Waals surface area contributed by atoms with Gasteiger partial charge in [0.2, 0.25) is 10.0 Å². The number of aryl methyl sites for hydroxylation is 1. The summed E-state index contributed by atoms with van der Waals surface area (Å²) >= 11 is 0. The van der Waals surface area contributed by atoms with Crippen molar-refractivity contribution in [2.75, 3.05) is 12.3 Å². The number of rotatable bonds is 7. The van der Waals surface area contributed by atoms with Gasteiger partial charge in [0.15, 0.2) is 0 Å². The smallest absolute Gasteiger partial charge is 0.304 e. The molecule has 0 fully saturated rings. The van der Waals surface area contributed by atoms with Crippen molar-refractivity contribution in [3.8, 4) is 0 Å². The minimum atomic E-state index is -3.49. The van der Waals surface area contributed by atoms with Crippen LogP contribution in [0, 0.1) is 6.92 Å². The molecule has 0 atom stereocenters. The molecule has 0 spiro atoms. The van der Waals surface area contributed by atoms with Gasteiger partial charge in [0.1, 0.15) is 0 Å². The van der Waals surface area contributed by atoms with Gasteiger partial charge in [0, 0.05) is 6.54 Å². The van der Waals surface area contributed by atoms with Crippen LogP contribution in [0.15, 0.2) is 24.3 Å². The van der Waals surface area contributed by atoms with E-state index < -0.39 is 16.0 Å². The lowest BCUT2D eigenvalue weighted by Gasteiger charge is -2.07. The van der Waals surface area contributed by atoms with Gasteiger partial charge in [-0.25, -0.2) is 13.1 Å². The highest BCUT2D eigenvalue weighted by atomic mass is 32.2. The van der Waals surface area contributed by atoms with Crippen molar-refractivity contribution >= 4 is 16.0 Å². The normalized spacial score (nSPS) is 11.4. The van der Waals surface area contributed by atoms with Gasteiger partial charge >= 0.3 is 5.97 Å². The maximum atomic E-state index is 11.4. The number of aliphatic carboxylic acids is 1. The molecule has 1 aromatic rings. The van der Waals surface area contributed by atoms with Crippen molar-refractivity contribution in [2.24, 2.45) is 0 Å². The fourth-order valence-corrected chi connectivity index (χ4v) is 2.53. The highest BCUT2D eigenvalue weighted by Gasteiger charge is 2.12. The largest absolute Gasteiger partial charge is 0.481 e. The van der Waals surface area contributed by atoms with Gasteiger partial charge in [-0.05, 0) is 24.5 Å². The second kappa shape index (κ2) is 6.51. The molecule has 0 amide bonds. The second-order valence-corrected chi connectivity index (χ2v) is 5.96. The van der Waals surface area contributed by atoms with E-state index in [0.717, 1.165) is 11.1 Å². The summed E-state index contributed by atoms with van der Waals surface area (Å²) in [7, 11) is -3.49. The van der Waals surface area contributed by atoms with Gasteiger partial charge in [-0.15, -0.1) is 0 Å². The van der Waals surface area contributed by atoms with Crippen LogP contribution in [-0.2, 0) is 21.2 Å². The van der Waals surface area contributed by atoms with E-state index in [9.17, 15) is 13.2 Å². The van der Waals surface area contributed by atoms with Crippen LogP contribution in [0.5, 0.6) is 0 Å². The lowest BCUT2D eigenvalue weighted by atomic mass is 10.1. The summed E-state index contributed by atoms with van der Waals surface area (Å²) in [5.41, 5.74) is 2.20. The maximum Gasteiger partial charge on any atom is 0.304 e. The van der Waals surface area contributed by atoms with Gasteiger partial charge in [-0.3, -0.25) is 4.79 Å². The number of carbonyl (C=O) groups is 1. The molecule has 0 aliphatic rings. The Labute approximate surface area is 107 Å². The zero-order valence-corrected chi connectivity index (χ0v) is 11.0. The van der Waals surface area contributed by atoms with E-state index in [1.54, 1.807) is 0 Å². The number of carboxylic acids is 1. The standard InChI is InChI=1S/C12H17NO4S/c1-10-4-2-3-5-11(10)6-8-13-18(16,17)9-7-12(14)15/h2-5,13H,6-9H2,1H3,(H,14,15). The summed E-state index contributed by atoms with van der Waals surface area (Å²) < 4.78 is 25.3. The third kappa shape index (κ3) is 5.29. The maximum absolute atomic E-state index is 11.4. The molecule has 100 valence electrons. The number of hydrogen-bond donors (Lipinski definition) is 2. The molecule has 5 nitrogen and oxygen atoms in total. The van der Waals surface area contributed by atoms with Crippen LogP contribution in [0.2, 0.25) is 0 Å². The number of benzene rings is 1. The summed E-state index contributed by atoms with van der Waals surface area (Å²) in [6.45, 7) is 2.25. The number of carboxylic acid groups (broad SMARTS) is 1. The molecule has 2 N–H and O–H groups in total. The summed E-state index contributed by atoms with van der Waals surface area (Å²) in [5.74, 6) is -1.49. The van der Waals surface area contributed by atoms with Gasteiger partial charge in [0.25, 0.3) is 0 Å². The van der Waals surface area contributed by atoms with Gasteiger partial charge in [-0.1, -0.05) is 24.3 Å². The Morgan fingerprint density at radius 1 is 1.33 bits per heavy atom. The van der Waals surface area contributed by atoms with Crippen LogP contribution in [0.4, 0.5) is 0 Å². The molecule has 0 aromatic heterocycles. The van der Waals surface area contributed by atoms with Gasteiger partial charge < -0.3 is 5.11 Å². The Kier molecular flexibility index (Phi) is 5.30. The molecule has 1 rings (SSSR count). The zero-order valence-electron chi connectivity index (χ0n) is 10.2. The Balaban J connectivity index is 2.42. The predicted octanol–water partition coefficient (Wildman–Crippen LogP) is 0.932. The summed E-state index contributed by atoms with van der Waals surface area (Å²) in [4.78, 5) is 10.3. The van der Waals surface area contributed by atoms with E-state index >= 15 is 0 Å². The van der Waals surface area contributed by atoms with Gasteiger partial charge in [-0.2, -0.15) is 0 Å². The molecule has 0 saturated heterocycles. The Bertz CT molecular complexity index is 511. The monoisotopic (exact) mass is 271 g/mol. The molecule has 6 heteroatoms. The average molecular weight is 271 g/mol. The highest BCUT2D eigenvalue weighted by molar-refractivity contribution is 7.89. The Hall–Kier alpha value is -1.40. The molecule has 0 saturated carbocycles. The first-order valence-electron chi connectivity index (χ1n) is 5.64. The van der Waals surface area contributed by atoms with E-state index in [0.29, 0.717) is 6.42 Å². The average Bonchev–Trinajstić information content (AvgIpc) is 2.29. The third-order valence-corrected chi connectivity index (χ3v) is 3.95. The zero-order chi connectivity index (χ0) is 13.6. The van der Waals surface area contributed by atoms with Crippen LogP contribution in [0.1, 0.15) is 17.5 Å². The molecular formula is C12H17NO4S. The minimum absolute atomic E-state index is 0.285. The van der Waals surface area contributed by atoms with Crippen molar-refractivity contribution in [3.05, 3.63) is 35.4 Å². The van der Waals surface area contributed by atoms with E-state index in [1.807, 2.05) is 31.2 Å². The minimum Gasteiger partial charge on any atom is -0.481 e. The summed E-state index contributed by atoms with van der Waals surface area (Å²) in [6.07, 6.45) is 0.221. The van der Waals surface area contributed by atoms with E-state index in [4.69, 9.17) is 5.11 Å². The number of nitrogens with one attached hydrogen (secondary N) is 1. The first kappa shape index (κ1) is 14.7. The van der Waals surface area contributed by atoms with Gasteiger partial charge in [0.05, 0.1) is 12.2 Å². The van der Waals surface area contributed by atoms with E-state index in [-0.39, 0.29) is 18.7 Å². The quantitative estimate of drug-likeness (QED) is 0.773. The fourth-order valence-electron chi connectivity index (χ4n) is 1.53. The molecule has 1 aromatic carbocycles. The van der Waals surface area contributed by atoms with Crippen molar-refractivity contribution in [3.63, 3.8) is 0 Å². The van der Waals surface area contributed by atoms with E-state index in [2.05, 4.69) is 4.72 Å². The highest BCUT2D eigenvalue weighted by Crippen LogP contribution is 2.07. The SMILES string of the molecule is Cc1ccccc1CCNS(=O)(=O)CCC(=O)O. The summed E-state index contributed by atoms with van der Waals surface area (Å²) in [6, 6.07) is 7.74. The van der Waals surface area contributed by atoms with Crippen molar-refractivity contribution in [2.45, 2.75) is 19.8 Å². The molecule has 0 bridgehead atoms. The van der Waals surface area contributed by atoms with Crippen LogP contribution < -0.4 is 4.72 Å². The van der Waals surface area contributed by atoms with Crippen LogP contribution in [-0.4, -0.2) is 31.8 Å². The molecule has 0 heterocycles. The summed E-state index contributed by atoms with van der Waals surface area (Å²) in [5, 5.41) is 8.42. The number of hydrogen-bond acceptors (Lipinski definition) is 3. The predicted molar refractivity (Wildman–Crippen MR) is 68.9 cm³/mol. The van der Waals surface area contributed by atoms with Crippen molar-refractivity contribution in [1.29, 1.82) is 0 Å². The first-order chi connectivity index (χ1) is 8.41. The Morgan fingerprint density at radius 2 is 2.00 bits per heavy atom. The van der Waals surface area contributed by atoms with Crippen molar-refractivity contribution < 1.29 is 18.3 Å².